The molecule has 120 valence electrons. The highest BCUT2D eigenvalue weighted by atomic mass is 32.1. The summed E-state index contributed by atoms with van der Waals surface area (Å²) in [5.74, 6) is 0.616. The Bertz CT molecular complexity index is 538. The second kappa shape index (κ2) is 7.76. The molecule has 3 rings (SSSR count). The topological polar surface area (TPSA) is 3.24 Å². The Balaban J connectivity index is 1.67. The fourth-order valence-electron chi connectivity index (χ4n) is 3.57. The number of rotatable bonds is 6. The van der Waals surface area contributed by atoms with Crippen LogP contribution in [0.25, 0.3) is 0 Å². The summed E-state index contributed by atoms with van der Waals surface area (Å²) in [5, 5.41) is 4.51. The minimum Gasteiger partial charge on any atom is -0.303 e. The number of hydrogen-bond acceptors (Lipinski definition) is 3. The summed E-state index contributed by atoms with van der Waals surface area (Å²) in [4.78, 5) is 5.84. The lowest BCUT2D eigenvalue weighted by Crippen LogP contribution is -2.30. The van der Waals surface area contributed by atoms with Gasteiger partial charge in [0.2, 0.25) is 0 Å². The normalized spacial score (nSPS) is 16.5. The van der Waals surface area contributed by atoms with Crippen LogP contribution in [0.3, 0.4) is 0 Å². The second-order valence-electron chi connectivity index (χ2n) is 6.53. The number of likely N-dealkylation sites (tertiary alicyclic amines) is 1. The average Bonchev–Trinajstić information content (AvgIpc) is 3.14. The quantitative estimate of drug-likeness (QED) is 0.643. The zero-order chi connectivity index (χ0) is 15.4. The van der Waals surface area contributed by atoms with E-state index in [0.717, 1.165) is 0 Å². The zero-order valence-electron chi connectivity index (χ0n) is 13.8. The summed E-state index contributed by atoms with van der Waals surface area (Å²) in [6.45, 7) is 8.46. The lowest BCUT2D eigenvalue weighted by atomic mass is 9.94. The molecule has 0 N–H and O–H groups in total. The number of nitrogens with zero attached hydrogens (tertiary/aromatic N) is 1. The van der Waals surface area contributed by atoms with Crippen molar-refractivity contribution in [3.63, 3.8) is 0 Å². The van der Waals surface area contributed by atoms with Gasteiger partial charge in [-0.25, -0.2) is 0 Å². The monoisotopic (exact) mass is 333 g/mol. The Kier molecular flexibility index (Phi) is 5.72. The van der Waals surface area contributed by atoms with Crippen molar-refractivity contribution in [2.24, 2.45) is 0 Å². The van der Waals surface area contributed by atoms with Crippen LogP contribution in [0.15, 0.2) is 22.9 Å². The molecule has 0 unspecified atom stereocenters. The minimum absolute atomic E-state index is 0.616. The summed E-state index contributed by atoms with van der Waals surface area (Å²) < 4.78 is 0. The van der Waals surface area contributed by atoms with E-state index < -0.39 is 0 Å². The van der Waals surface area contributed by atoms with Crippen LogP contribution < -0.4 is 0 Å². The fraction of sp³-hybridized carbons (Fsp3) is 0.579. The highest BCUT2D eigenvalue weighted by Gasteiger charge is 2.21. The molecule has 3 heterocycles. The molecule has 0 saturated carbocycles. The molecular weight excluding hydrogens is 306 g/mol. The van der Waals surface area contributed by atoms with Crippen molar-refractivity contribution in [1.29, 1.82) is 0 Å². The number of thiophene rings is 2. The van der Waals surface area contributed by atoms with Gasteiger partial charge in [0.05, 0.1) is 0 Å². The molecule has 1 saturated heterocycles. The molecule has 0 atom stereocenters. The molecular formula is C19H27NS2. The highest BCUT2D eigenvalue weighted by Crippen LogP contribution is 2.39. The van der Waals surface area contributed by atoms with Gasteiger partial charge in [-0.15, -0.1) is 22.7 Å². The van der Waals surface area contributed by atoms with Gasteiger partial charge in [-0.05, 0) is 93.2 Å². The van der Waals surface area contributed by atoms with Gasteiger partial charge in [0.15, 0.2) is 0 Å². The average molecular weight is 334 g/mol. The molecule has 0 aliphatic carbocycles. The van der Waals surface area contributed by atoms with E-state index in [4.69, 9.17) is 0 Å². The molecule has 3 heteroatoms. The first-order valence-corrected chi connectivity index (χ1v) is 10.3. The van der Waals surface area contributed by atoms with Crippen LogP contribution in [-0.4, -0.2) is 24.5 Å². The van der Waals surface area contributed by atoms with Crippen LogP contribution in [0.1, 0.15) is 58.9 Å². The maximum absolute atomic E-state index is 2.67. The van der Waals surface area contributed by atoms with Crippen molar-refractivity contribution in [2.75, 3.05) is 19.6 Å². The van der Waals surface area contributed by atoms with Crippen molar-refractivity contribution in [2.45, 2.75) is 51.9 Å². The first-order chi connectivity index (χ1) is 10.8. The van der Waals surface area contributed by atoms with E-state index in [0.29, 0.717) is 5.92 Å². The van der Waals surface area contributed by atoms with E-state index in [1.165, 1.54) is 62.9 Å². The molecule has 1 aliphatic heterocycles. The van der Waals surface area contributed by atoms with Crippen molar-refractivity contribution in [1.82, 2.24) is 4.90 Å². The van der Waals surface area contributed by atoms with Crippen molar-refractivity contribution >= 4 is 22.7 Å². The third kappa shape index (κ3) is 3.81. The second-order valence-corrected chi connectivity index (χ2v) is 8.43. The standard InChI is InChI=1S/C19H27NS2/c1-15-8-13-21-18(15)17(19-16(2)9-14-22-19)7-6-12-20-10-4-3-5-11-20/h8-9,13-14,17H,3-7,10-12H2,1-2H3. The molecule has 0 amide bonds. The van der Waals surface area contributed by atoms with Crippen molar-refractivity contribution in [3.05, 3.63) is 43.8 Å². The SMILES string of the molecule is Cc1ccsc1C(CCCN1CCCCC1)c1sccc1C. The third-order valence-electron chi connectivity index (χ3n) is 4.85. The molecule has 0 aromatic carbocycles. The van der Waals surface area contributed by atoms with Crippen LogP contribution in [0.5, 0.6) is 0 Å². The zero-order valence-corrected chi connectivity index (χ0v) is 15.4. The predicted octanol–water partition coefficient (Wildman–Crippen LogP) is 5.82. The molecule has 2 aromatic heterocycles. The highest BCUT2D eigenvalue weighted by molar-refractivity contribution is 7.11. The third-order valence-corrected chi connectivity index (χ3v) is 7.12. The molecule has 0 spiro atoms. The molecule has 1 fully saturated rings. The predicted molar refractivity (Wildman–Crippen MR) is 99.5 cm³/mol. The molecule has 0 bridgehead atoms. The van der Waals surface area contributed by atoms with E-state index in [1.54, 1.807) is 9.75 Å². The minimum atomic E-state index is 0.616. The summed E-state index contributed by atoms with van der Waals surface area (Å²) in [7, 11) is 0. The van der Waals surface area contributed by atoms with Gasteiger partial charge in [-0.2, -0.15) is 0 Å². The molecule has 0 radical (unpaired) electrons. The van der Waals surface area contributed by atoms with Gasteiger partial charge in [-0.3, -0.25) is 0 Å². The maximum Gasteiger partial charge on any atom is 0.0283 e. The fourth-order valence-corrected chi connectivity index (χ4v) is 5.79. The lowest BCUT2D eigenvalue weighted by Gasteiger charge is -2.27. The van der Waals surface area contributed by atoms with Gasteiger partial charge in [0.1, 0.15) is 0 Å². The Morgan fingerprint density at radius 1 is 0.955 bits per heavy atom. The van der Waals surface area contributed by atoms with E-state index in [9.17, 15) is 0 Å². The van der Waals surface area contributed by atoms with Gasteiger partial charge >= 0.3 is 0 Å². The Morgan fingerprint density at radius 3 is 2.05 bits per heavy atom. The Morgan fingerprint density at radius 2 is 1.55 bits per heavy atom. The van der Waals surface area contributed by atoms with E-state index in [1.807, 2.05) is 22.7 Å². The van der Waals surface area contributed by atoms with E-state index in [-0.39, 0.29) is 0 Å². The molecule has 2 aromatic rings. The Hall–Kier alpha value is -0.640. The van der Waals surface area contributed by atoms with Crippen LogP contribution in [0, 0.1) is 13.8 Å². The van der Waals surface area contributed by atoms with Crippen molar-refractivity contribution < 1.29 is 0 Å². The number of hydrogen-bond donors (Lipinski definition) is 0. The van der Waals surface area contributed by atoms with Crippen LogP contribution >= 0.6 is 22.7 Å². The van der Waals surface area contributed by atoms with E-state index >= 15 is 0 Å². The molecule has 1 aliphatic rings. The van der Waals surface area contributed by atoms with Gasteiger partial charge < -0.3 is 4.90 Å². The summed E-state index contributed by atoms with van der Waals surface area (Å²) in [6, 6.07) is 4.56. The van der Waals surface area contributed by atoms with E-state index in [2.05, 4.69) is 41.6 Å². The first kappa shape index (κ1) is 16.2. The summed E-state index contributed by atoms with van der Waals surface area (Å²) >= 11 is 3.89. The van der Waals surface area contributed by atoms with Gasteiger partial charge in [-0.1, -0.05) is 6.42 Å². The molecule has 1 nitrogen and oxygen atoms in total. The Labute approximate surface area is 143 Å². The van der Waals surface area contributed by atoms with Crippen LogP contribution in [0.4, 0.5) is 0 Å². The molecule has 22 heavy (non-hydrogen) atoms. The smallest absolute Gasteiger partial charge is 0.0283 e. The number of piperidine rings is 1. The summed E-state index contributed by atoms with van der Waals surface area (Å²) in [6.07, 6.45) is 6.84. The van der Waals surface area contributed by atoms with Crippen molar-refractivity contribution in [3.8, 4) is 0 Å². The first-order valence-electron chi connectivity index (χ1n) is 8.56. The lowest BCUT2D eigenvalue weighted by molar-refractivity contribution is 0.224. The number of aryl methyl sites for hydroxylation is 2. The van der Waals surface area contributed by atoms with Crippen LogP contribution in [-0.2, 0) is 0 Å². The van der Waals surface area contributed by atoms with Gasteiger partial charge in [0.25, 0.3) is 0 Å². The van der Waals surface area contributed by atoms with Crippen LogP contribution in [0.2, 0.25) is 0 Å². The summed E-state index contributed by atoms with van der Waals surface area (Å²) in [5.41, 5.74) is 2.95. The maximum atomic E-state index is 2.67. The van der Waals surface area contributed by atoms with Gasteiger partial charge in [0, 0.05) is 15.7 Å². The largest absolute Gasteiger partial charge is 0.303 e.